The average Bonchev–Trinajstić information content (AvgIpc) is 2.25. The zero-order valence-electron chi connectivity index (χ0n) is 11.2. The molecule has 1 aromatic rings. The minimum Gasteiger partial charge on any atom is -0.493 e. The number of ether oxygens (including phenoxy) is 2. The molecule has 2 heteroatoms. The highest BCUT2D eigenvalue weighted by Gasteiger charge is 2.07. The summed E-state index contributed by atoms with van der Waals surface area (Å²) in [5, 5.41) is 0. The predicted octanol–water partition coefficient (Wildman–Crippen LogP) is 3.85. The Labute approximate surface area is 104 Å². The van der Waals surface area contributed by atoms with E-state index in [-0.39, 0.29) is 0 Å². The van der Waals surface area contributed by atoms with Crippen LogP contribution in [0.25, 0.3) is 0 Å². The van der Waals surface area contributed by atoms with E-state index in [1.54, 1.807) is 7.11 Å². The molecule has 1 rings (SSSR count). The van der Waals surface area contributed by atoms with Gasteiger partial charge in [-0.1, -0.05) is 26.5 Å². The Bertz CT molecular complexity index is 381. The van der Waals surface area contributed by atoms with Crippen molar-refractivity contribution in [2.24, 2.45) is 5.92 Å². The lowest BCUT2D eigenvalue weighted by molar-refractivity contribution is 0.319. The molecule has 17 heavy (non-hydrogen) atoms. The third kappa shape index (κ3) is 4.51. The van der Waals surface area contributed by atoms with E-state index in [4.69, 9.17) is 9.47 Å². The highest BCUT2D eigenvalue weighted by atomic mass is 16.5. The second kappa shape index (κ2) is 6.33. The molecule has 0 saturated carbocycles. The Morgan fingerprint density at radius 1 is 1.29 bits per heavy atom. The lowest BCUT2D eigenvalue weighted by Crippen LogP contribution is -2.01. The molecule has 0 heterocycles. The molecule has 0 aliphatic carbocycles. The third-order valence-corrected chi connectivity index (χ3v) is 2.35. The Kier molecular flexibility index (Phi) is 5.08. The van der Waals surface area contributed by atoms with E-state index in [1.807, 2.05) is 13.0 Å². The van der Waals surface area contributed by atoms with Gasteiger partial charge in [-0.15, -0.1) is 0 Å². The largest absolute Gasteiger partial charge is 0.493 e. The summed E-state index contributed by atoms with van der Waals surface area (Å²) in [5.74, 6) is 2.21. The van der Waals surface area contributed by atoms with Crippen LogP contribution in [-0.2, 0) is 6.42 Å². The van der Waals surface area contributed by atoms with Crippen molar-refractivity contribution >= 4 is 0 Å². The van der Waals surface area contributed by atoms with E-state index < -0.39 is 0 Å². The summed E-state index contributed by atoms with van der Waals surface area (Å²) in [4.78, 5) is 0. The summed E-state index contributed by atoms with van der Waals surface area (Å²) < 4.78 is 11.0. The molecule has 0 fully saturated rings. The van der Waals surface area contributed by atoms with Crippen LogP contribution < -0.4 is 9.47 Å². The highest BCUT2D eigenvalue weighted by Crippen LogP contribution is 2.29. The molecule has 0 aromatic heterocycles. The van der Waals surface area contributed by atoms with E-state index >= 15 is 0 Å². The van der Waals surface area contributed by atoms with Crippen LogP contribution >= 0.6 is 0 Å². The first-order valence-corrected chi connectivity index (χ1v) is 5.97. The zero-order valence-corrected chi connectivity index (χ0v) is 11.2. The maximum absolute atomic E-state index is 5.69. The van der Waals surface area contributed by atoms with Gasteiger partial charge in [0.05, 0.1) is 7.11 Å². The topological polar surface area (TPSA) is 18.5 Å². The fraction of sp³-hybridized carbons (Fsp3) is 0.467. The monoisotopic (exact) mass is 234 g/mol. The number of hydrogen-bond donors (Lipinski definition) is 0. The van der Waals surface area contributed by atoms with Crippen molar-refractivity contribution in [2.45, 2.75) is 27.2 Å². The molecule has 0 aliphatic heterocycles. The first kappa shape index (κ1) is 13.6. The minimum absolute atomic E-state index is 0.529. The molecule has 0 amide bonds. The molecule has 0 aliphatic rings. The summed E-state index contributed by atoms with van der Waals surface area (Å²) in [6.45, 7) is 10.7. The smallest absolute Gasteiger partial charge is 0.161 e. The first-order valence-electron chi connectivity index (χ1n) is 5.97. The van der Waals surface area contributed by atoms with Gasteiger partial charge in [-0.05, 0) is 42.5 Å². The van der Waals surface area contributed by atoms with E-state index in [0.29, 0.717) is 12.5 Å². The molecular formula is C15H22O2. The third-order valence-electron chi connectivity index (χ3n) is 2.35. The molecule has 0 radical (unpaired) electrons. The van der Waals surface area contributed by atoms with Gasteiger partial charge in [-0.25, -0.2) is 0 Å². The quantitative estimate of drug-likeness (QED) is 0.696. The molecule has 2 nitrogen and oxygen atoms in total. The normalized spacial score (nSPS) is 10.4. The summed E-state index contributed by atoms with van der Waals surface area (Å²) >= 11 is 0. The lowest BCUT2D eigenvalue weighted by Gasteiger charge is -2.13. The molecule has 0 bridgehead atoms. The number of hydrogen-bond acceptors (Lipinski definition) is 2. The molecule has 94 valence electrons. The lowest BCUT2D eigenvalue weighted by atomic mass is 10.0. The Morgan fingerprint density at radius 3 is 2.53 bits per heavy atom. The van der Waals surface area contributed by atoms with Gasteiger partial charge in [0.2, 0.25) is 0 Å². The molecular weight excluding hydrogens is 212 g/mol. The minimum atomic E-state index is 0.529. The van der Waals surface area contributed by atoms with Gasteiger partial charge >= 0.3 is 0 Å². The van der Waals surface area contributed by atoms with Crippen LogP contribution in [0.4, 0.5) is 0 Å². The predicted molar refractivity (Wildman–Crippen MR) is 71.8 cm³/mol. The van der Waals surface area contributed by atoms with Crippen molar-refractivity contribution < 1.29 is 9.47 Å². The van der Waals surface area contributed by atoms with Gasteiger partial charge in [0, 0.05) is 0 Å². The second-order valence-corrected chi connectivity index (χ2v) is 4.83. The number of rotatable bonds is 6. The van der Waals surface area contributed by atoms with Crippen LogP contribution in [-0.4, -0.2) is 13.7 Å². The van der Waals surface area contributed by atoms with Gasteiger partial charge in [0.15, 0.2) is 11.5 Å². The van der Waals surface area contributed by atoms with Crippen LogP contribution in [0.1, 0.15) is 26.3 Å². The second-order valence-electron chi connectivity index (χ2n) is 4.83. The van der Waals surface area contributed by atoms with Crippen LogP contribution in [0.15, 0.2) is 30.4 Å². The molecule has 0 spiro atoms. The zero-order chi connectivity index (χ0) is 12.8. The van der Waals surface area contributed by atoms with Crippen LogP contribution in [0.3, 0.4) is 0 Å². The Morgan fingerprint density at radius 2 is 2.00 bits per heavy atom. The molecule has 0 saturated heterocycles. The van der Waals surface area contributed by atoms with Gasteiger partial charge < -0.3 is 9.47 Å². The van der Waals surface area contributed by atoms with Crippen LogP contribution in [0.2, 0.25) is 0 Å². The Balaban J connectivity index is 2.85. The van der Waals surface area contributed by atoms with E-state index in [9.17, 15) is 0 Å². The van der Waals surface area contributed by atoms with Crippen LogP contribution in [0.5, 0.6) is 11.5 Å². The maximum Gasteiger partial charge on any atom is 0.161 e. The van der Waals surface area contributed by atoms with E-state index in [1.165, 1.54) is 5.56 Å². The molecule has 0 unspecified atom stereocenters. The van der Waals surface area contributed by atoms with Gasteiger partial charge in [0.25, 0.3) is 0 Å². The van der Waals surface area contributed by atoms with Crippen molar-refractivity contribution in [2.75, 3.05) is 13.7 Å². The summed E-state index contributed by atoms with van der Waals surface area (Å²) in [7, 11) is 1.66. The van der Waals surface area contributed by atoms with Crippen molar-refractivity contribution in [1.29, 1.82) is 0 Å². The van der Waals surface area contributed by atoms with Crippen molar-refractivity contribution in [3.63, 3.8) is 0 Å². The SMILES string of the molecule is C=C(C)COc1cc(CC(C)C)ccc1OC. The highest BCUT2D eigenvalue weighted by molar-refractivity contribution is 5.43. The van der Waals surface area contributed by atoms with E-state index in [2.05, 4.69) is 32.6 Å². The fourth-order valence-electron chi connectivity index (χ4n) is 1.63. The maximum atomic E-state index is 5.69. The summed E-state index contributed by atoms with van der Waals surface area (Å²) in [6.07, 6.45) is 1.05. The summed E-state index contributed by atoms with van der Waals surface area (Å²) in [5.41, 5.74) is 2.28. The van der Waals surface area contributed by atoms with Crippen LogP contribution in [0, 0.1) is 5.92 Å². The van der Waals surface area contributed by atoms with Gasteiger partial charge in [-0.2, -0.15) is 0 Å². The van der Waals surface area contributed by atoms with Crippen molar-refractivity contribution in [3.05, 3.63) is 35.9 Å². The molecule has 1 aromatic carbocycles. The standard InChI is InChI=1S/C15H22O2/c1-11(2)8-13-6-7-14(16-5)15(9-13)17-10-12(3)4/h6-7,9,11H,3,8,10H2,1-2,4-5H3. The summed E-state index contributed by atoms with van der Waals surface area (Å²) in [6, 6.07) is 6.11. The molecule has 0 atom stereocenters. The van der Waals surface area contributed by atoms with Gasteiger partial charge in [-0.3, -0.25) is 0 Å². The molecule has 0 N–H and O–H groups in total. The fourth-order valence-corrected chi connectivity index (χ4v) is 1.63. The van der Waals surface area contributed by atoms with Crippen molar-refractivity contribution in [3.8, 4) is 11.5 Å². The number of methoxy groups -OCH3 is 1. The van der Waals surface area contributed by atoms with E-state index in [0.717, 1.165) is 23.5 Å². The first-order chi connectivity index (χ1) is 8.02. The number of benzene rings is 1. The van der Waals surface area contributed by atoms with Gasteiger partial charge in [0.1, 0.15) is 6.61 Å². The average molecular weight is 234 g/mol. The van der Waals surface area contributed by atoms with Crippen molar-refractivity contribution in [1.82, 2.24) is 0 Å². The Hall–Kier alpha value is -1.44.